The van der Waals surface area contributed by atoms with Crippen molar-refractivity contribution in [2.45, 2.75) is 12.8 Å². The Labute approximate surface area is 111 Å². The number of nitrogens with two attached hydrogens (primary N) is 1. The molecule has 1 aliphatic heterocycles. The molecule has 7 nitrogen and oxygen atoms in total. The molecule has 1 saturated heterocycles. The lowest BCUT2D eigenvalue weighted by atomic mass is 10.1. The van der Waals surface area contributed by atoms with E-state index in [1.165, 1.54) is 22.5 Å². The van der Waals surface area contributed by atoms with E-state index < -0.39 is 16.2 Å². The van der Waals surface area contributed by atoms with Crippen LogP contribution in [0.15, 0.2) is 18.2 Å². The first-order valence-corrected chi connectivity index (χ1v) is 7.25. The van der Waals surface area contributed by atoms with Crippen LogP contribution in [0.5, 0.6) is 0 Å². The molecular formula is C11H15N3O4S. The number of carboxylic acid groups (broad SMARTS) is 1. The van der Waals surface area contributed by atoms with Crippen molar-refractivity contribution in [3.8, 4) is 0 Å². The Morgan fingerprint density at radius 2 is 1.95 bits per heavy atom. The summed E-state index contributed by atoms with van der Waals surface area (Å²) in [5.41, 5.74) is 5.62. The first-order chi connectivity index (χ1) is 8.90. The normalized spacial score (nSPS) is 16.4. The minimum atomic E-state index is -3.70. The van der Waals surface area contributed by atoms with Crippen molar-refractivity contribution >= 4 is 27.6 Å². The number of hydrogen-bond donors (Lipinski definition) is 3. The third-order valence-corrected chi connectivity index (χ3v) is 4.44. The molecule has 104 valence electrons. The van der Waals surface area contributed by atoms with E-state index in [2.05, 4.69) is 4.72 Å². The van der Waals surface area contributed by atoms with Gasteiger partial charge in [-0.25, -0.2) is 4.79 Å². The number of anilines is 2. The Morgan fingerprint density at radius 1 is 1.32 bits per heavy atom. The van der Waals surface area contributed by atoms with Gasteiger partial charge < -0.3 is 10.8 Å². The van der Waals surface area contributed by atoms with Gasteiger partial charge in [-0.3, -0.25) is 4.72 Å². The van der Waals surface area contributed by atoms with Crippen molar-refractivity contribution in [3.05, 3.63) is 23.8 Å². The molecular weight excluding hydrogens is 270 g/mol. The standard InChI is InChI=1S/C11H15N3O4S/c12-8-3-4-10(9(7-8)11(15)16)13-19(17,18)14-5-1-2-6-14/h3-4,7,13H,1-2,5-6,12H2,(H,15,16). The molecule has 1 aliphatic rings. The van der Waals surface area contributed by atoms with Crippen LogP contribution in [0.4, 0.5) is 11.4 Å². The first kappa shape index (κ1) is 13.6. The predicted molar refractivity (Wildman–Crippen MR) is 71.2 cm³/mol. The van der Waals surface area contributed by atoms with E-state index in [9.17, 15) is 13.2 Å². The molecule has 0 aliphatic carbocycles. The van der Waals surface area contributed by atoms with Gasteiger partial charge in [-0.1, -0.05) is 0 Å². The number of aromatic carboxylic acids is 1. The zero-order valence-corrected chi connectivity index (χ0v) is 11.0. The van der Waals surface area contributed by atoms with Crippen LogP contribution in [-0.4, -0.2) is 36.9 Å². The second-order valence-corrected chi connectivity index (χ2v) is 5.99. The van der Waals surface area contributed by atoms with Gasteiger partial charge in [0.25, 0.3) is 0 Å². The quantitative estimate of drug-likeness (QED) is 0.705. The fourth-order valence-corrected chi connectivity index (χ4v) is 3.28. The van der Waals surface area contributed by atoms with Crippen molar-refractivity contribution in [1.29, 1.82) is 0 Å². The molecule has 1 aromatic rings. The maximum atomic E-state index is 12.1. The van der Waals surface area contributed by atoms with E-state index in [0.29, 0.717) is 13.1 Å². The van der Waals surface area contributed by atoms with E-state index in [0.717, 1.165) is 12.8 Å². The lowest BCUT2D eigenvalue weighted by Crippen LogP contribution is -2.33. The number of rotatable bonds is 4. The molecule has 4 N–H and O–H groups in total. The highest BCUT2D eigenvalue weighted by Gasteiger charge is 2.26. The predicted octanol–water partition coefficient (Wildman–Crippen LogP) is 0.720. The molecule has 0 bridgehead atoms. The number of nitrogens with zero attached hydrogens (tertiary/aromatic N) is 1. The monoisotopic (exact) mass is 285 g/mol. The van der Waals surface area contributed by atoms with Crippen molar-refractivity contribution in [3.63, 3.8) is 0 Å². The minimum absolute atomic E-state index is 0.0219. The fourth-order valence-electron chi connectivity index (χ4n) is 1.96. The van der Waals surface area contributed by atoms with Crippen molar-refractivity contribution in [2.75, 3.05) is 23.5 Å². The zero-order chi connectivity index (χ0) is 14.0. The Balaban J connectivity index is 2.30. The molecule has 8 heteroatoms. The van der Waals surface area contributed by atoms with E-state index in [1.54, 1.807) is 0 Å². The van der Waals surface area contributed by atoms with Gasteiger partial charge in [0, 0.05) is 18.8 Å². The summed E-state index contributed by atoms with van der Waals surface area (Å²) in [6.45, 7) is 0.902. The van der Waals surface area contributed by atoms with Crippen LogP contribution in [0.2, 0.25) is 0 Å². The number of hydrogen-bond acceptors (Lipinski definition) is 4. The highest BCUT2D eigenvalue weighted by Crippen LogP contribution is 2.22. The van der Waals surface area contributed by atoms with Gasteiger partial charge in [0.1, 0.15) is 0 Å². The zero-order valence-electron chi connectivity index (χ0n) is 10.2. The van der Waals surface area contributed by atoms with Gasteiger partial charge in [0.15, 0.2) is 0 Å². The number of carbonyl (C=O) groups is 1. The molecule has 0 unspecified atom stereocenters. The molecule has 0 aromatic heterocycles. The van der Waals surface area contributed by atoms with Gasteiger partial charge in [-0.05, 0) is 31.0 Å². The molecule has 0 amide bonds. The molecule has 1 heterocycles. The van der Waals surface area contributed by atoms with Crippen LogP contribution in [0.25, 0.3) is 0 Å². The Kier molecular flexibility index (Phi) is 3.63. The molecule has 19 heavy (non-hydrogen) atoms. The van der Waals surface area contributed by atoms with Crippen LogP contribution < -0.4 is 10.5 Å². The minimum Gasteiger partial charge on any atom is -0.478 e. The number of nitrogens with one attached hydrogen (secondary N) is 1. The number of carboxylic acids is 1. The lowest BCUT2D eigenvalue weighted by molar-refractivity contribution is 0.0698. The summed E-state index contributed by atoms with van der Waals surface area (Å²) in [6, 6.07) is 4.03. The third-order valence-electron chi connectivity index (χ3n) is 2.92. The smallest absolute Gasteiger partial charge is 0.337 e. The maximum absolute atomic E-state index is 12.1. The van der Waals surface area contributed by atoms with Gasteiger partial charge in [-0.2, -0.15) is 12.7 Å². The largest absolute Gasteiger partial charge is 0.478 e. The van der Waals surface area contributed by atoms with E-state index in [-0.39, 0.29) is 16.9 Å². The second kappa shape index (κ2) is 5.06. The molecule has 1 fully saturated rings. The summed E-state index contributed by atoms with van der Waals surface area (Å²) in [5, 5.41) is 9.05. The lowest BCUT2D eigenvalue weighted by Gasteiger charge is -2.18. The van der Waals surface area contributed by atoms with Crippen LogP contribution in [-0.2, 0) is 10.2 Å². The molecule has 1 aromatic carbocycles. The highest BCUT2D eigenvalue weighted by molar-refractivity contribution is 7.90. The molecule has 0 spiro atoms. The van der Waals surface area contributed by atoms with Crippen LogP contribution in [0, 0.1) is 0 Å². The Morgan fingerprint density at radius 3 is 2.53 bits per heavy atom. The molecule has 0 radical (unpaired) electrons. The Bertz CT molecular complexity index is 594. The summed E-state index contributed by atoms with van der Waals surface area (Å²) < 4.78 is 27.7. The fraction of sp³-hybridized carbons (Fsp3) is 0.364. The summed E-state index contributed by atoms with van der Waals surface area (Å²) >= 11 is 0. The summed E-state index contributed by atoms with van der Waals surface area (Å²) in [5.74, 6) is -1.23. The maximum Gasteiger partial charge on any atom is 0.337 e. The van der Waals surface area contributed by atoms with Gasteiger partial charge in [0.05, 0.1) is 11.3 Å². The van der Waals surface area contributed by atoms with Crippen LogP contribution >= 0.6 is 0 Å². The molecule has 0 saturated carbocycles. The molecule has 0 atom stereocenters. The first-order valence-electron chi connectivity index (χ1n) is 5.81. The third kappa shape index (κ3) is 2.96. The van der Waals surface area contributed by atoms with E-state index >= 15 is 0 Å². The second-order valence-electron chi connectivity index (χ2n) is 4.32. The SMILES string of the molecule is Nc1ccc(NS(=O)(=O)N2CCCC2)c(C(=O)O)c1. The van der Waals surface area contributed by atoms with Crippen molar-refractivity contribution < 1.29 is 18.3 Å². The van der Waals surface area contributed by atoms with Crippen LogP contribution in [0.3, 0.4) is 0 Å². The average molecular weight is 285 g/mol. The van der Waals surface area contributed by atoms with Crippen molar-refractivity contribution in [1.82, 2.24) is 4.31 Å². The summed E-state index contributed by atoms with van der Waals surface area (Å²) in [6.07, 6.45) is 1.63. The Hall–Kier alpha value is -1.80. The average Bonchev–Trinajstić information content (AvgIpc) is 2.85. The van der Waals surface area contributed by atoms with Crippen molar-refractivity contribution in [2.24, 2.45) is 0 Å². The summed E-state index contributed by atoms with van der Waals surface area (Å²) in [7, 11) is -3.70. The molecule has 2 rings (SSSR count). The number of nitrogen functional groups attached to an aromatic ring is 1. The van der Waals surface area contributed by atoms with E-state index in [4.69, 9.17) is 10.8 Å². The van der Waals surface area contributed by atoms with Gasteiger partial charge >= 0.3 is 16.2 Å². The summed E-state index contributed by atoms with van der Waals surface area (Å²) in [4.78, 5) is 11.1. The van der Waals surface area contributed by atoms with Gasteiger partial charge in [0.2, 0.25) is 0 Å². The number of benzene rings is 1. The van der Waals surface area contributed by atoms with Crippen LogP contribution in [0.1, 0.15) is 23.2 Å². The van der Waals surface area contributed by atoms with Gasteiger partial charge in [-0.15, -0.1) is 0 Å². The van der Waals surface area contributed by atoms with E-state index in [1.807, 2.05) is 0 Å². The topological polar surface area (TPSA) is 113 Å². The highest BCUT2D eigenvalue weighted by atomic mass is 32.2.